The molecule has 1 atom stereocenters. The Hall–Kier alpha value is -0.870. The Balaban J connectivity index is 1.46. The molecule has 0 aliphatic carbocycles. The molecule has 0 aromatic carbocycles. The van der Waals surface area contributed by atoms with Crippen LogP contribution in [0, 0.1) is 5.92 Å². The number of nitrogens with one attached hydrogen (secondary N) is 1. The zero-order valence-electron chi connectivity index (χ0n) is 12.0. The molecule has 0 spiro atoms. The molecule has 0 amide bonds. The van der Waals surface area contributed by atoms with Crippen LogP contribution in [0.4, 0.5) is 0 Å². The average Bonchev–Trinajstić information content (AvgIpc) is 3.12. The van der Waals surface area contributed by atoms with E-state index in [2.05, 4.69) is 26.7 Å². The average molecular weight is 262 g/mol. The van der Waals surface area contributed by atoms with Crippen molar-refractivity contribution >= 4 is 0 Å². The molecule has 2 fully saturated rings. The Morgan fingerprint density at radius 2 is 2.00 bits per heavy atom. The topological polar surface area (TPSA) is 35.2 Å². The Bertz CT molecular complexity index is 362. The maximum atomic E-state index is 4.09. The minimum absolute atomic E-state index is 0.789. The molecular weight excluding hydrogens is 236 g/mol. The van der Waals surface area contributed by atoms with E-state index < -0.39 is 0 Å². The van der Waals surface area contributed by atoms with Gasteiger partial charge >= 0.3 is 0 Å². The van der Waals surface area contributed by atoms with Gasteiger partial charge in [0.2, 0.25) is 0 Å². The summed E-state index contributed by atoms with van der Waals surface area (Å²) in [6.45, 7) is 8.61. The molecule has 0 bridgehead atoms. The molecule has 4 heteroatoms. The van der Waals surface area contributed by atoms with E-state index in [1.807, 2.05) is 6.20 Å². The van der Waals surface area contributed by atoms with Crippen molar-refractivity contribution in [2.24, 2.45) is 5.92 Å². The van der Waals surface area contributed by atoms with Crippen LogP contribution in [-0.2, 0) is 6.54 Å². The lowest BCUT2D eigenvalue weighted by atomic mass is 9.89. The number of likely N-dealkylation sites (tertiary alicyclic amines) is 2. The van der Waals surface area contributed by atoms with Crippen molar-refractivity contribution in [1.29, 1.82) is 0 Å². The summed E-state index contributed by atoms with van der Waals surface area (Å²) in [5, 5.41) is 0. The van der Waals surface area contributed by atoms with E-state index in [4.69, 9.17) is 0 Å². The normalized spacial score (nSPS) is 24.9. The number of hydrogen-bond acceptors (Lipinski definition) is 3. The Morgan fingerprint density at radius 3 is 2.63 bits per heavy atom. The molecule has 1 aromatic rings. The van der Waals surface area contributed by atoms with Crippen LogP contribution in [0.25, 0.3) is 0 Å². The van der Waals surface area contributed by atoms with E-state index in [0.717, 1.165) is 18.5 Å². The lowest BCUT2D eigenvalue weighted by molar-refractivity contribution is 0.107. The van der Waals surface area contributed by atoms with Gasteiger partial charge in [-0.3, -0.25) is 4.90 Å². The summed E-state index contributed by atoms with van der Waals surface area (Å²) in [6.07, 6.45) is 9.24. The van der Waals surface area contributed by atoms with Crippen LogP contribution in [0.3, 0.4) is 0 Å². The van der Waals surface area contributed by atoms with Gasteiger partial charge in [-0.05, 0) is 64.7 Å². The van der Waals surface area contributed by atoms with Gasteiger partial charge in [-0.15, -0.1) is 0 Å². The van der Waals surface area contributed by atoms with E-state index >= 15 is 0 Å². The summed E-state index contributed by atoms with van der Waals surface area (Å²) >= 11 is 0. The highest BCUT2D eigenvalue weighted by molar-refractivity contribution is 4.95. The Morgan fingerprint density at radius 1 is 1.26 bits per heavy atom. The third kappa shape index (κ3) is 3.18. The van der Waals surface area contributed by atoms with Gasteiger partial charge in [0.1, 0.15) is 0 Å². The number of H-pyrrole nitrogens is 1. The maximum Gasteiger partial charge on any atom is 0.0922 e. The summed E-state index contributed by atoms with van der Waals surface area (Å²) in [7, 11) is 0. The first-order valence-corrected chi connectivity index (χ1v) is 7.76. The molecule has 2 aliphatic rings. The molecule has 0 unspecified atom stereocenters. The Kier molecular flexibility index (Phi) is 4.18. The molecule has 0 saturated carbocycles. The highest BCUT2D eigenvalue weighted by atomic mass is 15.2. The van der Waals surface area contributed by atoms with Crippen molar-refractivity contribution in [2.75, 3.05) is 26.2 Å². The third-order valence-corrected chi connectivity index (χ3v) is 4.98. The first kappa shape index (κ1) is 13.1. The Labute approximate surface area is 116 Å². The lowest BCUT2D eigenvalue weighted by Crippen LogP contribution is -2.42. The fraction of sp³-hybridized carbons (Fsp3) is 0.800. The number of aromatic nitrogens is 2. The van der Waals surface area contributed by atoms with Crippen LogP contribution in [0.2, 0.25) is 0 Å². The van der Waals surface area contributed by atoms with Crippen LogP contribution in [-0.4, -0.2) is 52.0 Å². The predicted molar refractivity (Wildman–Crippen MR) is 76.9 cm³/mol. The van der Waals surface area contributed by atoms with Gasteiger partial charge < -0.3 is 9.88 Å². The summed E-state index contributed by atoms with van der Waals surface area (Å²) < 4.78 is 0. The van der Waals surface area contributed by atoms with E-state index in [0.29, 0.717) is 0 Å². The van der Waals surface area contributed by atoms with Crippen LogP contribution in [0.5, 0.6) is 0 Å². The number of aromatic amines is 1. The van der Waals surface area contributed by atoms with Crippen LogP contribution in [0.15, 0.2) is 12.5 Å². The minimum atomic E-state index is 0.789. The van der Waals surface area contributed by atoms with Crippen LogP contribution in [0.1, 0.15) is 38.3 Å². The van der Waals surface area contributed by atoms with Crippen molar-refractivity contribution in [2.45, 2.75) is 45.2 Å². The van der Waals surface area contributed by atoms with Gasteiger partial charge in [-0.1, -0.05) is 0 Å². The summed E-state index contributed by atoms with van der Waals surface area (Å²) in [4.78, 5) is 12.6. The van der Waals surface area contributed by atoms with Crippen molar-refractivity contribution in [3.8, 4) is 0 Å². The number of nitrogens with zero attached hydrogens (tertiary/aromatic N) is 3. The minimum Gasteiger partial charge on any atom is -0.347 e. The van der Waals surface area contributed by atoms with Gasteiger partial charge in [0.15, 0.2) is 0 Å². The van der Waals surface area contributed by atoms with E-state index in [9.17, 15) is 0 Å². The quantitative estimate of drug-likeness (QED) is 0.902. The van der Waals surface area contributed by atoms with Gasteiger partial charge in [0, 0.05) is 24.5 Å². The molecule has 4 nitrogen and oxygen atoms in total. The standard InChI is InChI=1S/C15H26N4/c1-13(19-6-2-3-7-19)14-4-8-18(9-5-14)11-15-10-16-12-17-15/h10,12-14H,2-9,11H2,1H3,(H,16,17)/t13-/m1/s1. The molecule has 3 rings (SSSR count). The lowest BCUT2D eigenvalue weighted by Gasteiger charge is -2.38. The first-order valence-electron chi connectivity index (χ1n) is 7.76. The summed E-state index contributed by atoms with van der Waals surface area (Å²) in [5.74, 6) is 0.899. The summed E-state index contributed by atoms with van der Waals surface area (Å²) in [5.41, 5.74) is 1.24. The van der Waals surface area contributed by atoms with Crippen molar-refractivity contribution in [1.82, 2.24) is 19.8 Å². The predicted octanol–water partition coefficient (Wildman–Crippen LogP) is 2.11. The van der Waals surface area contributed by atoms with E-state index in [1.54, 1.807) is 6.33 Å². The number of piperidine rings is 1. The van der Waals surface area contributed by atoms with Gasteiger partial charge in [0.05, 0.1) is 6.33 Å². The second-order valence-electron chi connectivity index (χ2n) is 6.17. The fourth-order valence-electron chi connectivity index (χ4n) is 3.65. The van der Waals surface area contributed by atoms with E-state index in [-0.39, 0.29) is 0 Å². The van der Waals surface area contributed by atoms with Crippen LogP contribution >= 0.6 is 0 Å². The second-order valence-corrected chi connectivity index (χ2v) is 6.17. The van der Waals surface area contributed by atoms with Crippen molar-refractivity contribution in [3.05, 3.63) is 18.2 Å². The third-order valence-electron chi connectivity index (χ3n) is 4.98. The van der Waals surface area contributed by atoms with Gasteiger partial charge in [-0.25, -0.2) is 4.98 Å². The molecule has 0 radical (unpaired) electrons. The first-order chi connectivity index (χ1) is 9.33. The number of hydrogen-bond donors (Lipinski definition) is 1. The molecule has 1 N–H and O–H groups in total. The molecule has 2 aliphatic heterocycles. The van der Waals surface area contributed by atoms with Gasteiger partial charge in [-0.2, -0.15) is 0 Å². The number of imidazole rings is 1. The summed E-state index contributed by atoms with van der Waals surface area (Å²) in [6, 6.07) is 0.789. The van der Waals surface area contributed by atoms with Crippen molar-refractivity contribution in [3.63, 3.8) is 0 Å². The zero-order valence-corrected chi connectivity index (χ0v) is 12.0. The molecule has 19 heavy (non-hydrogen) atoms. The molecule has 106 valence electrons. The fourth-order valence-corrected chi connectivity index (χ4v) is 3.65. The molecular formula is C15H26N4. The number of rotatable bonds is 4. The van der Waals surface area contributed by atoms with Crippen LogP contribution < -0.4 is 0 Å². The molecule has 3 heterocycles. The maximum absolute atomic E-state index is 4.09. The van der Waals surface area contributed by atoms with E-state index in [1.165, 1.54) is 57.6 Å². The monoisotopic (exact) mass is 262 g/mol. The largest absolute Gasteiger partial charge is 0.347 e. The zero-order chi connectivity index (χ0) is 13.1. The SMILES string of the molecule is C[C@H](C1CCN(Cc2cnc[nH]2)CC1)N1CCCC1. The second kappa shape index (κ2) is 6.06. The van der Waals surface area contributed by atoms with Gasteiger partial charge in [0.25, 0.3) is 0 Å². The smallest absolute Gasteiger partial charge is 0.0922 e. The highest BCUT2D eigenvalue weighted by Gasteiger charge is 2.28. The highest BCUT2D eigenvalue weighted by Crippen LogP contribution is 2.26. The van der Waals surface area contributed by atoms with Crippen molar-refractivity contribution < 1.29 is 0 Å². The molecule has 2 saturated heterocycles. The molecule has 1 aromatic heterocycles.